The molecular formula is C36H55NO10. The molecule has 4 bridgehead atoms. The van der Waals surface area contributed by atoms with Gasteiger partial charge in [0, 0.05) is 43.3 Å². The minimum atomic E-state index is -1.93. The normalized spacial score (nSPS) is 55.2. The summed E-state index contributed by atoms with van der Waals surface area (Å²) in [5.74, 6) is -7.31. The van der Waals surface area contributed by atoms with Gasteiger partial charge in [-0.25, -0.2) is 0 Å². The molecule has 0 aromatic carbocycles. The number of rotatable bonds is 5. The number of fused-ring (bicyclic) bond motifs is 5. The smallest absolute Gasteiger partial charge is 0.309 e. The monoisotopic (exact) mass is 661 g/mol. The summed E-state index contributed by atoms with van der Waals surface area (Å²) in [4.78, 5) is 41.6. The number of Topliss-reactive ketones (excluding diaryl/α,β-unsaturated/α-hetero) is 1. The number of ether oxygens (including phenoxy) is 3. The highest BCUT2D eigenvalue weighted by molar-refractivity contribution is 5.80. The summed E-state index contributed by atoms with van der Waals surface area (Å²) < 4.78 is 19.2. The molecule has 7 aliphatic rings. The van der Waals surface area contributed by atoms with Crippen molar-refractivity contribution in [2.24, 2.45) is 52.8 Å². The molecule has 7 fully saturated rings. The van der Waals surface area contributed by atoms with Gasteiger partial charge in [0.15, 0.2) is 11.9 Å². The highest BCUT2D eigenvalue weighted by Crippen LogP contribution is 2.78. The summed E-state index contributed by atoms with van der Waals surface area (Å²) in [5, 5.41) is 50.8. The third kappa shape index (κ3) is 4.22. The number of hydrogen-bond donors (Lipinski definition) is 4. The van der Waals surface area contributed by atoms with E-state index in [4.69, 9.17) is 14.2 Å². The Hall–Kier alpha value is -1.63. The van der Waals surface area contributed by atoms with Gasteiger partial charge < -0.3 is 34.6 Å². The SMILES string of the molecule is CC[C@H](C)C(=O)O[C@H]1[C@H](O)[C@H]2[C@@H](CN3C[C@@H](C)CC[C@H]3[C@@]2(C)O)[C@@H]2C[C@@]34OC5(O)[C@@H](C(C)=O)CC[C@@]3(C)[C@@H]5C[C@@H](OC(C)=O)[C@H]4[C@@]21O. The number of carbonyl (C=O) groups is 3. The standard InChI is InChI=1S/C36H55NO10/c1-8-18(3)31(41)46-30-28(40)27-21(16-37-15-17(2)9-10-26(37)33(27,7)42)23-14-34-29(35(23,30)43)24(45-20(5)39)13-25-32(34,6)12-11-22(19(4)38)36(25,44)47-34/h17-18,21-30,40,42-44H,8-16H2,1-7H3/t17-,18-,21-,22+,23-,24+,25-,26-,27+,28+,29+,30-,32-,33+,34-,35-,36?/m0/s1. The average molecular weight is 662 g/mol. The maximum absolute atomic E-state index is 13.6. The zero-order valence-corrected chi connectivity index (χ0v) is 29.0. The van der Waals surface area contributed by atoms with Crippen LogP contribution in [0.5, 0.6) is 0 Å². The fourth-order valence-corrected chi connectivity index (χ4v) is 12.8. The zero-order chi connectivity index (χ0) is 34.2. The van der Waals surface area contributed by atoms with Gasteiger partial charge in [-0.05, 0) is 76.5 Å². The van der Waals surface area contributed by atoms with Gasteiger partial charge in [0.25, 0.3) is 0 Å². The Morgan fingerprint density at radius 2 is 1.74 bits per heavy atom. The second-order valence-corrected chi connectivity index (χ2v) is 17.2. The summed E-state index contributed by atoms with van der Waals surface area (Å²) in [7, 11) is 0. The predicted molar refractivity (Wildman–Crippen MR) is 167 cm³/mol. The first-order valence-corrected chi connectivity index (χ1v) is 18.1. The van der Waals surface area contributed by atoms with Crippen LogP contribution in [0.2, 0.25) is 0 Å². The Balaban J connectivity index is 1.43. The van der Waals surface area contributed by atoms with Crippen LogP contribution in [0.25, 0.3) is 0 Å². The van der Waals surface area contributed by atoms with Crippen LogP contribution in [0.1, 0.15) is 93.4 Å². The van der Waals surface area contributed by atoms with E-state index in [0.29, 0.717) is 31.7 Å². The molecule has 1 unspecified atom stereocenters. The van der Waals surface area contributed by atoms with Gasteiger partial charge in [0.1, 0.15) is 17.5 Å². The molecular weight excluding hydrogens is 606 g/mol. The average Bonchev–Trinajstić information content (AvgIpc) is 3.24. The highest BCUT2D eigenvalue weighted by Gasteiger charge is 2.87. The van der Waals surface area contributed by atoms with Crippen molar-refractivity contribution in [3.8, 4) is 0 Å². The van der Waals surface area contributed by atoms with Crippen LogP contribution in [-0.2, 0) is 28.6 Å². The van der Waals surface area contributed by atoms with Gasteiger partial charge in [-0.1, -0.05) is 27.7 Å². The topological polar surface area (TPSA) is 163 Å². The number of aliphatic hydroxyl groups is 4. The third-order valence-electron chi connectivity index (χ3n) is 14.9. The molecule has 3 aliphatic heterocycles. The molecule has 0 aromatic rings. The summed E-state index contributed by atoms with van der Waals surface area (Å²) in [5.41, 5.74) is -5.26. The molecule has 3 saturated heterocycles. The summed E-state index contributed by atoms with van der Waals surface area (Å²) in [6.45, 7) is 13.7. The molecule has 4 aliphatic carbocycles. The maximum atomic E-state index is 13.6. The third-order valence-corrected chi connectivity index (χ3v) is 14.9. The first-order valence-electron chi connectivity index (χ1n) is 18.1. The van der Waals surface area contributed by atoms with E-state index in [-0.39, 0.29) is 24.7 Å². The van der Waals surface area contributed by atoms with Crippen LogP contribution in [0.3, 0.4) is 0 Å². The predicted octanol–water partition coefficient (Wildman–Crippen LogP) is 2.20. The van der Waals surface area contributed by atoms with Gasteiger partial charge >= 0.3 is 11.9 Å². The number of hydrogen-bond acceptors (Lipinski definition) is 11. The molecule has 7 rings (SSSR count). The van der Waals surface area contributed by atoms with Crippen molar-refractivity contribution < 1.29 is 49.0 Å². The molecule has 0 amide bonds. The molecule has 11 nitrogen and oxygen atoms in total. The molecule has 4 N–H and O–H groups in total. The first-order chi connectivity index (χ1) is 21.9. The molecule has 3 heterocycles. The van der Waals surface area contributed by atoms with Crippen molar-refractivity contribution in [1.82, 2.24) is 4.90 Å². The quantitative estimate of drug-likeness (QED) is 0.320. The van der Waals surface area contributed by atoms with E-state index in [0.717, 1.165) is 19.4 Å². The van der Waals surface area contributed by atoms with Gasteiger partial charge in [-0.3, -0.25) is 19.3 Å². The van der Waals surface area contributed by atoms with E-state index in [1.807, 2.05) is 6.92 Å². The molecule has 4 saturated carbocycles. The first kappa shape index (κ1) is 33.8. The minimum absolute atomic E-state index is 0.150. The number of ketones is 1. The Morgan fingerprint density at radius 1 is 1.04 bits per heavy atom. The zero-order valence-electron chi connectivity index (χ0n) is 29.0. The van der Waals surface area contributed by atoms with Gasteiger partial charge in [0.2, 0.25) is 0 Å². The lowest BCUT2D eigenvalue weighted by atomic mass is 9.48. The largest absolute Gasteiger partial charge is 0.462 e. The van der Waals surface area contributed by atoms with Crippen LogP contribution in [0, 0.1) is 52.8 Å². The van der Waals surface area contributed by atoms with E-state index in [9.17, 15) is 34.8 Å². The highest BCUT2D eigenvalue weighted by atomic mass is 16.7. The Kier molecular flexibility index (Phi) is 7.70. The molecule has 264 valence electrons. The fourth-order valence-electron chi connectivity index (χ4n) is 12.8. The Bertz CT molecular complexity index is 1340. The van der Waals surface area contributed by atoms with Gasteiger partial charge in [0.05, 0.1) is 35.1 Å². The minimum Gasteiger partial charge on any atom is -0.462 e. The fraction of sp³-hybridized carbons (Fsp3) is 0.917. The van der Waals surface area contributed by atoms with E-state index in [2.05, 4.69) is 18.7 Å². The second kappa shape index (κ2) is 10.7. The lowest BCUT2D eigenvalue weighted by Gasteiger charge is -2.64. The summed E-state index contributed by atoms with van der Waals surface area (Å²) >= 11 is 0. The number of aliphatic hydroxyl groups excluding tert-OH is 1. The second-order valence-electron chi connectivity index (χ2n) is 17.2. The van der Waals surface area contributed by atoms with Crippen LogP contribution in [0.4, 0.5) is 0 Å². The Labute approximate surface area is 277 Å². The lowest BCUT2D eigenvalue weighted by molar-refractivity contribution is -0.297. The van der Waals surface area contributed by atoms with Crippen LogP contribution < -0.4 is 0 Å². The molecule has 11 heteroatoms. The Morgan fingerprint density at radius 3 is 2.38 bits per heavy atom. The van der Waals surface area contributed by atoms with Crippen LogP contribution in [0.15, 0.2) is 0 Å². The summed E-state index contributed by atoms with van der Waals surface area (Å²) in [6, 6.07) is -0.205. The van der Waals surface area contributed by atoms with Crippen molar-refractivity contribution in [3.05, 3.63) is 0 Å². The summed E-state index contributed by atoms with van der Waals surface area (Å²) in [6.07, 6.45) is -0.235. The van der Waals surface area contributed by atoms with Crippen molar-refractivity contribution in [1.29, 1.82) is 0 Å². The number of nitrogens with zero attached hydrogens (tertiary/aromatic N) is 1. The maximum Gasteiger partial charge on any atom is 0.309 e. The number of carbonyl (C=O) groups excluding carboxylic acids is 3. The number of esters is 2. The van der Waals surface area contributed by atoms with E-state index in [1.165, 1.54) is 13.8 Å². The van der Waals surface area contributed by atoms with Crippen LogP contribution in [-0.4, -0.2) is 103 Å². The van der Waals surface area contributed by atoms with E-state index >= 15 is 0 Å². The number of piperidine rings is 2. The molecule has 47 heavy (non-hydrogen) atoms. The van der Waals surface area contributed by atoms with Crippen molar-refractivity contribution in [2.45, 2.75) is 140 Å². The lowest BCUT2D eigenvalue weighted by Crippen LogP contribution is -2.77. The van der Waals surface area contributed by atoms with E-state index < -0.39 is 99.7 Å². The molecule has 1 spiro atoms. The van der Waals surface area contributed by atoms with Gasteiger partial charge in [-0.2, -0.15) is 0 Å². The molecule has 17 atom stereocenters. The van der Waals surface area contributed by atoms with Crippen molar-refractivity contribution in [3.63, 3.8) is 0 Å². The van der Waals surface area contributed by atoms with Crippen molar-refractivity contribution in [2.75, 3.05) is 13.1 Å². The van der Waals surface area contributed by atoms with Crippen molar-refractivity contribution >= 4 is 17.7 Å². The van der Waals surface area contributed by atoms with Gasteiger partial charge in [-0.15, -0.1) is 0 Å². The molecule has 0 radical (unpaired) electrons. The van der Waals surface area contributed by atoms with E-state index in [1.54, 1.807) is 13.8 Å². The van der Waals surface area contributed by atoms with Crippen LogP contribution >= 0.6 is 0 Å². The molecule has 0 aromatic heterocycles.